The molecular weight excluding hydrogens is 318 g/mol. The molecule has 6 heteroatoms. The average molecular weight is 337 g/mol. The van der Waals surface area contributed by atoms with E-state index in [9.17, 15) is 4.79 Å². The van der Waals surface area contributed by atoms with E-state index in [1.807, 2.05) is 50.2 Å². The monoisotopic (exact) mass is 337 g/mol. The summed E-state index contributed by atoms with van der Waals surface area (Å²) in [6, 6.07) is 16.7. The third-order valence-electron chi connectivity index (χ3n) is 3.40. The Morgan fingerprint density at radius 3 is 2.60 bits per heavy atom. The van der Waals surface area contributed by atoms with Crippen molar-refractivity contribution in [1.29, 1.82) is 0 Å². The van der Waals surface area contributed by atoms with E-state index in [2.05, 4.69) is 15.5 Å². The molecule has 0 fully saturated rings. The molecule has 0 atom stereocenters. The molecule has 2 aromatic carbocycles. The molecular formula is C19H19N3O3. The highest BCUT2D eigenvalue weighted by Gasteiger charge is 2.14. The van der Waals surface area contributed by atoms with Crippen molar-refractivity contribution in [2.45, 2.75) is 26.5 Å². The van der Waals surface area contributed by atoms with E-state index in [1.165, 1.54) is 0 Å². The summed E-state index contributed by atoms with van der Waals surface area (Å²) in [5, 5.41) is 6.80. The second kappa shape index (κ2) is 7.61. The highest BCUT2D eigenvalue weighted by Crippen LogP contribution is 2.20. The molecule has 6 nitrogen and oxygen atoms in total. The van der Waals surface area contributed by atoms with E-state index in [1.54, 1.807) is 18.2 Å². The van der Waals surface area contributed by atoms with Crippen molar-refractivity contribution in [3.8, 4) is 17.1 Å². The molecule has 0 aliphatic heterocycles. The number of aromatic nitrogens is 2. The van der Waals surface area contributed by atoms with Crippen molar-refractivity contribution in [1.82, 2.24) is 15.5 Å². The van der Waals surface area contributed by atoms with Crippen LogP contribution in [0.15, 0.2) is 59.1 Å². The summed E-state index contributed by atoms with van der Waals surface area (Å²) >= 11 is 0. The number of nitrogens with zero attached hydrogens (tertiary/aromatic N) is 2. The van der Waals surface area contributed by atoms with E-state index in [0.717, 1.165) is 5.56 Å². The van der Waals surface area contributed by atoms with Gasteiger partial charge < -0.3 is 14.6 Å². The molecule has 1 amide bonds. The first-order valence-electron chi connectivity index (χ1n) is 8.04. The summed E-state index contributed by atoms with van der Waals surface area (Å²) in [6.45, 7) is 3.90. The average Bonchev–Trinajstić information content (AvgIpc) is 3.09. The first kappa shape index (κ1) is 16.7. The topological polar surface area (TPSA) is 77.2 Å². The zero-order valence-corrected chi connectivity index (χ0v) is 14.1. The van der Waals surface area contributed by atoms with Crippen LogP contribution in [-0.2, 0) is 6.61 Å². The van der Waals surface area contributed by atoms with Crippen molar-refractivity contribution in [2.24, 2.45) is 0 Å². The summed E-state index contributed by atoms with van der Waals surface area (Å²) in [5.74, 6) is 1.14. The Kier molecular flexibility index (Phi) is 5.09. The molecule has 0 aliphatic carbocycles. The van der Waals surface area contributed by atoms with Gasteiger partial charge >= 0.3 is 0 Å². The predicted octanol–water partition coefficient (Wildman–Crippen LogP) is 3.45. The number of nitrogens with one attached hydrogen (secondary N) is 1. The maximum absolute atomic E-state index is 12.2. The number of para-hydroxylation sites is 1. The fourth-order valence-corrected chi connectivity index (χ4v) is 2.28. The first-order chi connectivity index (χ1) is 12.1. The van der Waals surface area contributed by atoms with Crippen molar-refractivity contribution < 1.29 is 14.1 Å². The Bertz CT molecular complexity index is 844. The van der Waals surface area contributed by atoms with Crippen LogP contribution in [0.1, 0.15) is 30.1 Å². The number of benzene rings is 2. The molecule has 3 rings (SSSR count). The number of carbonyl (C=O) groups is 1. The highest BCUT2D eigenvalue weighted by atomic mass is 16.5. The Hall–Kier alpha value is -3.15. The molecule has 0 spiro atoms. The first-order valence-corrected chi connectivity index (χ1v) is 8.04. The van der Waals surface area contributed by atoms with Gasteiger partial charge in [-0.3, -0.25) is 4.79 Å². The van der Waals surface area contributed by atoms with Gasteiger partial charge in [0.2, 0.25) is 5.82 Å². The summed E-state index contributed by atoms with van der Waals surface area (Å²) in [4.78, 5) is 16.5. The van der Waals surface area contributed by atoms with Crippen LogP contribution < -0.4 is 10.1 Å². The van der Waals surface area contributed by atoms with E-state index in [4.69, 9.17) is 9.26 Å². The van der Waals surface area contributed by atoms with Crippen molar-refractivity contribution in [2.75, 3.05) is 0 Å². The van der Waals surface area contributed by atoms with E-state index >= 15 is 0 Å². The number of hydrogen-bond acceptors (Lipinski definition) is 5. The second-order valence-electron chi connectivity index (χ2n) is 5.79. The third-order valence-corrected chi connectivity index (χ3v) is 3.40. The quantitative estimate of drug-likeness (QED) is 0.745. The van der Waals surface area contributed by atoms with Gasteiger partial charge in [-0.05, 0) is 26.0 Å². The van der Waals surface area contributed by atoms with Gasteiger partial charge in [-0.15, -0.1) is 0 Å². The summed E-state index contributed by atoms with van der Waals surface area (Å²) < 4.78 is 10.9. The Labute approximate surface area is 145 Å². The minimum Gasteiger partial charge on any atom is -0.483 e. The number of ether oxygens (including phenoxy) is 1. The molecule has 0 aliphatic rings. The third kappa shape index (κ3) is 4.23. The summed E-state index contributed by atoms with van der Waals surface area (Å²) in [6.07, 6.45) is 0. The lowest BCUT2D eigenvalue weighted by Gasteiger charge is -2.12. The molecule has 0 radical (unpaired) electrons. The van der Waals surface area contributed by atoms with Gasteiger partial charge in [0.25, 0.3) is 11.8 Å². The number of hydrogen-bond donors (Lipinski definition) is 1. The Morgan fingerprint density at radius 2 is 1.84 bits per heavy atom. The van der Waals surface area contributed by atoms with Crippen LogP contribution in [0.25, 0.3) is 11.4 Å². The Balaban J connectivity index is 1.70. The van der Waals surface area contributed by atoms with Crippen LogP contribution in [0.3, 0.4) is 0 Å². The lowest BCUT2D eigenvalue weighted by molar-refractivity contribution is 0.0937. The van der Waals surface area contributed by atoms with Crippen LogP contribution in [-0.4, -0.2) is 22.1 Å². The molecule has 25 heavy (non-hydrogen) atoms. The normalized spacial score (nSPS) is 10.7. The number of carbonyl (C=O) groups excluding carboxylic acids is 1. The molecule has 1 aromatic heterocycles. The lowest BCUT2D eigenvalue weighted by Crippen LogP contribution is -2.30. The fourth-order valence-electron chi connectivity index (χ4n) is 2.28. The van der Waals surface area contributed by atoms with E-state index in [0.29, 0.717) is 23.0 Å². The van der Waals surface area contributed by atoms with Gasteiger partial charge in [-0.25, -0.2) is 0 Å². The minimum atomic E-state index is -0.180. The van der Waals surface area contributed by atoms with Crippen LogP contribution in [0.4, 0.5) is 0 Å². The molecule has 3 aromatic rings. The molecule has 0 saturated carbocycles. The second-order valence-corrected chi connectivity index (χ2v) is 5.79. The zero-order chi connectivity index (χ0) is 17.6. The maximum atomic E-state index is 12.2. The smallest absolute Gasteiger partial charge is 0.264 e. The SMILES string of the molecule is CC(C)NC(=O)c1ccccc1OCc1nc(-c2ccccc2)no1. The van der Waals surface area contributed by atoms with Gasteiger partial charge in [0.15, 0.2) is 6.61 Å². The number of rotatable bonds is 6. The van der Waals surface area contributed by atoms with Gasteiger partial charge in [0.05, 0.1) is 5.56 Å². The Morgan fingerprint density at radius 1 is 1.12 bits per heavy atom. The van der Waals surface area contributed by atoms with Gasteiger partial charge in [-0.1, -0.05) is 47.6 Å². The standard InChI is InChI=1S/C19H19N3O3/c1-13(2)20-19(23)15-10-6-7-11-16(15)24-12-17-21-18(22-25-17)14-8-4-3-5-9-14/h3-11,13H,12H2,1-2H3,(H,20,23). The largest absolute Gasteiger partial charge is 0.483 e. The molecule has 128 valence electrons. The van der Waals surface area contributed by atoms with E-state index in [-0.39, 0.29) is 18.6 Å². The summed E-state index contributed by atoms with van der Waals surface area (Å²) in [5.41, 5.74) is 1.34. The van der Waals surface area contributed by atoms with Gasteiger partial charge in [-0.2, -0.15) is 4.98 Å². The van der Waals surface area contributed by atoms with Crippen molar-refractivity contribution in [3.05, 3.63) is 66.1 Å². The van der Waals surface area contributed by atoms with Crippen LogP contribution in [0.5, 0.6) is 5.75 Å². The highest BCUT2D eigenvalue weighted by molar-refractivity contribution is 5.97. The molecule has 1 N–H and O–H groups in total. The maximum Gasteiger partial charge on any atom is 0.264 e. The predicted molar refractivity (Wildman–Crippen MR) is 93.1 cm³/mol. The molecule has 0 saturated heterocycles. The molecule has 0 bridgehead atoms. The van der Waals surface area contributed by atoms with Crippen molar-refractivity contribution >= 4 is 5.91 Å². The van der Waals surface area contributed by atoms with Gasteiger partial charge in [0.1, 0.15) is 5.75 Å². The van der Waals surface area contributed by atoms with Crippen molar-refractivity contribution in [3.63, 3.8) is 0 Å². The van der Waals surface area contributed by atoms with Crippen LogP contribution >= 0.6 is 0 Å². The molecule has 1 heterocycles. The van der Waals surface area contributed by atoms with Gasteiger partial charge in [0, 0.05) is 11.6 Å². The van der Waals surface area contributed by atoms with E-state index < -0.39 is 0 Å². The fraction of sp³-hybridized carbons (Fsp3) is 0.211. The van der Waals surface area contributed by atoms with Crippen LogP contribution in [0.2, 0.25) is 0 Å². The van der Waals surface area contributed by atoms with Crippen LogP contribution in [0, 0.1) is 0 Å². The zero-order valence-electron chi connectivity index (χ0n) is 14.1. The molecule has 0 unspecified atom stereocenters. The minimum absolute atomic E-state index is 0.0462. The lowest BCUT2D eigenvalue weighted by atomic mass is 10.2. The summed E-state index contributed by atoms with van der Waals surface area (Å²) in [7, 11) is 0. The number of amides is 1.